The molecule has 158 valence electrons. The predicted molar refractivity (Wildman–Crippen MR) is 119 cm³/mol. The van der Waals surface area contributed by atoms with Gasteiger partial charge >= 0.3 is 6.03 Å². The molecule has 0 atom stereocenters. The van der Waals surface area contributed by atoms with E-state index in [1.165, 1.54) is 18.2 Å². The Labute approximate surface area is 190 Å². The molecule has 1 aliphatic heterocycles. The van der Waals surface area contributed by atoms with Crippen molar-refractivity contribution in [3.05, 3.63) is 74.6 Å². The van der Waals surface area contributed by atoms with E-state index < -0.39 is 23.7 Å². The van der Waals surface area contributed by atoms with Gasteiger partial charge in [0.05, 0.1) is 6.54 Å². The molecule has 1 saturated heterocycles. The maximum atomic E-state index is 14.3. The first kappa shape index (κ1) is 21.3. The van der Waals surface area contributed by atoms with Gasteiger partial charge in [0.2, 0.25) is 0 Å². The number of aromatic nitrogens is 1. The fourth-order valence-corrected chi connectivity index (χ4v) is 4.12. The van der Waals surface area contributed by atoms with Gasteiger partial charge in [0.25, 0.3) is 11.8 Å². The van der Waals surface area contributed by atoms with Crippen molar-refractivity contribution in [1.29, 1.82) is 0 Å². The molecule has 0 aliphatic carbocycles. The molecule has 4 rings (SSSR count). The summed E-state index contributed by atoms with van der Waals surface area (Å²) in [5.74, 6) is -1.85. The second-order valence-corrected chi connectivity index (χ2v) is 8.26. The third kappa shape index (κ3) is 3.88. The first-order chi connectivity index (χ1) is 14.8. The molecule has 2 heterocycles. The topological polar surface area (TPSA) is 71.4 Å². The van der Waals surface area contributed by atoms with Crippen LogP contribution in [0.1, 0.15) is 18.1 Å². The van der Waals surface area contributed by atoms with Crippen molar-refractivity contribution >= 4 is 62.4 Å². The van der Waals surface area contributed by atoms with Crippen LogP contribution in [0.5, 0.6) is 0 Å². The number of fused-ring (bicyclic) bond motifs is 1. The van der Waals surface area contributed by atoms with Crippen molar-refractivity contribution in [2.24, 2.45) is 0 Å². The van der Waals surface area contributed by atoms with Crippen LogP contribution in [-0.4, -0.2) is 33.9 Å². The number of nitrogens with zero attached hydrogens (tertiary/aromatic N) is 2. The molecule has 1 N–H and O–H groups in total. The second-order valence-electron chi connectivity index (χ2n) is 6.94. The van der Waals surface area contributed by atoms with Crippen LogP contribution in [0.4, 0.5) is 9.18 Å². The van der Waals surface area contributed by atoms with Gasteiger partial charge in [-0.05, 0) is 43.3 Å². The van der Waals surface area contributed by atoms with Crippen molar-refractivity contribution in [2.75, 3.05) is 6.54 Å². The van der Waals surface area contributed by atoms with Gasteiger partial charge in [-0.3, -0.25) is 19.8 Å². The van der Waals surface area contributed by atoms with Gasteiger partial charge in [0, 0.05) is 44.3 Å². The van der Waals surface area contributed by atoms with Crippen LogP contribution in [0.3, 0.4) is 0 Å². The Morgan fingerprint density at radius 2 is 1.97 bits per heavy atom. The molecule has 1 fully saturated rings. The zero-order chi connectivity index (χ0) is 22.3. The van der Waals surface area contributed by atoms with E-state index in [1.54, 1.807) is 23.8 Å². The third-order valence-electron chi connectivity index (χ3n) is 5.07. The van der Waals surface area contributed by atoms with Crippen molar-refractivity contribution in [2.45, 2.75) is 13.5 Å². The molecule has 9 heteroatoms. The van der Waals surface area contributed by atoms with Crippen LogP contribution in [0, 0.1) is 5.82 Å². The van der Waals surface area contributed by atoms with E-state index in [4.69, 9.17) is 11.6 Å². The van der Waals surface area contributed by atoms with Gasteiger partial charge in [-0.25, -0.2) is 9.18 Å². The van der Waals surface area contributed by atoms with Crippen LogP contribution in [0.15, 0.2) is 52.6 Å². The SMILES string of the molecule is CCN1C(=O)NC(=O)/C(=C\c2cn(Cc3c(F)cccc3Cl)c3ccc(Br)cc23)C1=O. The highest BCUT2D eigenvalue weighted by atomic mass is 79.9. The molecule has 0 spiro atoms. The molecule has 1 aliphatic rings. The smallest absolute Gasteiger partial charge is 0.331 e. The lowest BCUT2D eigenvalue weighted by Gasteiger charge is -2.24. The van der Waals surface area contributed by atoms with E-state index in [-0.39, 0.29) is 18.7 Å². The van der Waals surface area contributed by atoms with Gasteiger partial charge in [0.15, 0.2) is 0 Å². The largest absolute Gasteiger partial charge is 0.342 e. The Morgan fingerprint density at radius 3 is 2.68 bits per heavy atom. The molecule has 4 amide bonds. The lowest BCUT2D eigenvalue weighted by atomic mass is 10.1. The number of likely N-dealkylation sites (N-methyl/N-ethyl adjacent to an activating group) is 1. The Hall–Kier alpha value is -2.97. The van der Waals surface area contributed by atoms with E-state index in [0.717, 1.165) is 20.3 Å². The van der Waals surface area contributed by atoms with Crippen molar-refractivity contribution in [3.63, 3.8) is 0 Å². The average Bonchev–Trinajstić information content (AvgIpc) is 3.04. The fraction of sp³-hybridized carbons (Fsp3) is 0.136. The van der Waals surface area contributed by atoms with Crippen LogP contribution >= 0.6 is 27.5 Å². The summed E-state index contributed by atoms with van der Waals surface area (Å²) in [7, 11) is 0. The van der Waals surface area contributed by atoms with Crippen molar-refractivity contribution in [3.8, 4) is 0 Å². The molecule has 0 radical (unpaired) electrons. The summed E-state index contributed by atoms with van der Waals surface area (Å²) in [5, 5.41) is 3.23. The second kappa shape index (κ2) is 8.28. The van der Waals surface area contributed by atoms with E-state index in [0.29, 0.717) is 16.1 Å². The molecule has 1 aromatic heterocycles. The first-order valence-electron chi connectivity index (χ1n) is 9.40. The number of barbiturate groups is 1. The van der Waals surface area contributed by atoms with Gasteiger partial charge in [-0.15, -0.1) is 0 Å². The maximum absolute atomic E-state index is 14.3. The van der Waals surface area contributed by atoms with E-state index in [2.05, 4.69) is 21.2 Å². The van der Waals surface area contributed by atoms with Crippen molar-refractivity contribution < 1.29 is 18.8 Å². The quantitative estimate of drug-likeness (QED) is 0.413. The number of hydrogen-bond acceptors (Lipinski definition) is 3. The number of benzene rings is 2. The number of hydrogen-bond donors (Lipinski definition) is 1. The summed E-state index contributed by atoms with van der Waals surface area (Å²) >= 11 is 9.63. The number of carbonyl (C=O) groups excluding carboxylic acids is 3. The van der Waals surface area contributed by atoms with Gasteiger partial charge < -0.3 is 4.57 Å². The van der Waals surface area contributed by atoms with Crippen LogP contribution in [0.2, 0.25) is 5.02 Å². The number of imide groups is 2. The van der Waals surface area contributed by atoms with Crippen LogP contribution in [0.25, 0.3) is 17.0 Å². The number of carbonyl (C=O) groups is 3. The number of rotatable bonds is 4. The van der Waals surface area contributed by atoms with Crippen molar-refractivity contribution in [1.82, 2.24) is 14.8 Å². The Morgan fingerprint density at radius 1 is 1.19 bits per heavy atom. The zero-order valence-corrected chi connectivity index (χ0v) is 18.6. The molecule has 2 aromatic carbocycles. The standard InChI is InChI=1S/C22H16BrClFN3O3/c1-2-28-21(30)15(20(29)26-22(28)31)8-12-10-27(19-7-6-13(23)9-14(12)19)11-16-17(24)4-3-5-18(16)25/h3-10H,2,11H2,1H3,(H,26,29,31)/b15-8+. The Bertz CT molecular complexity index is 1260. The number of amides is 4. The monoisotopic (exact) mass is 503 g/mol. The lowest BCUT2D eigenvalue weighted by molar-refractivity contribution is -0.129. The van der Waals surface area contributed by atoms with Gasteiger partial charge in [0.1, 0.15) is 11.4 Å². The molecule has 0 saturated carbocycles. The fourth-order valence-electron chi connectivity index (χ4n) is 3.53. The van der Waals surface area contributed by atoms with Crippen LogP contribution < -0.4 is 5.32 Å². The summed E-state index contributed by atoms with van der Waals surface area (Å²) in [6.07, 6.45) is 3.17. The van der Waals surface area contributed by atoms with E-state index >= 15 is 0 Å². The highest BCUT2D eigenvalue weighted by molar-refractivity contribution is 9.10. The molecular weight excluding hydrogens is 489 g/mol. The van der Waals surface area contributed by atoms with Crippen LogP contribution in [-0.2, 0) is 16.1 Å². The summed E-state index contributed by atoms with van der Waals surface area (Å²) in [5.41, 5.74) is 1.52. The predicted octanol–water partition coefficient (Wildman–Crippen LogP) is 4.73. The van der Waals surface area contributed by atoms with Gasteiger partial charge in [-0.1, -0.05) is 33.6 Å². The molecule has 6 nitrogen and oxygen atoms in total. The Balaban J connectivity index is 1.85. The molecule has 0 unspecified atom stereocenters. The summed E-state index contributed by atoms with van der Waals surface area (Å²) in [6.45, 7) is 1.94. The minimum atomic E-state index is -0.757. The lowest BCUT2D eigenvalue weighted by Crippen LogP contribution is -2.53. The highest BCUT2D eigenvalue weighted by Gasteiger charge is 2.34. The third-order valence-corrected chi connectivity index (χ3v) is 5.91. The first-order valence-corrected chi connectivity index (χ1v) is 10.6. The molecule has 31 heavy (non-hydrogen) atoms. The minimum Gasteiger partial charge on any atom is -0.342 e. The number of halogens is 3. The van der Waals surface area contributed by atoms with Gasteiger partial charge in [-0.2, -0.15) is 0 Å². The van der Waals surface area contributed by atoms with E-state index in [9.17, 15) is 18.8 Å². The molecular formula is C22H16BrClFN3O3. The number of nitrogens with one attached hydrogen (secondary N) is 1. The summed E-state index contributed by atoms with van der Waals surface area (Å²) in [6, 6.07) is 9.29. The zero-order valence-electron chi connectivity index (χ0n) is 16.3. The molecule has 3 aromatic rings. The highest BCUT2D eigenvalue weighted by Crippen LogP contribution is 2.30. The Kier molecular flexibility index (Phi) is 5.68. The van der Waals surface area contributed by atoms with E-state index in [1.807, 2.05) is 18.2 Å². The average molecular weight is 505 g/mol. The minimum absolute atomic E-state index is 0.133. The number of urea groups is 1. The molecule has 0 bridgehead atoms. The summed E-state index contributed by atoms with van der Waals surface area (Å²) < 4.78 is 16.9. The maximum Gasteiger partial charge on any atom is 0.331 e. The normalized spacial score (nSPS) is 15.8. The summed E-state index contributed by atoms with van der Waals surface area (Å²) in [4.78, 5) is 37.8.